The van der Waals surface area contributed by atoms with Crippen LogP contribution in [0.3, 0.4) is 0 Å². The van der Waals surface area contributed by atoms with Gasteiger partial charge in [0.05, 0.1) is 31.0 Å². The van der Waals surface area contributed by atoms with Crippen molar-refractivity contribution in [3.05, 3.63) is 52.7 Å². The minimum atomic E-state index is -0.523. The number of aryl methyl sites for hydroxylation is 1. The normalized spacial score (nSPS) is 10.0. The van der Waals surface area contributed by atoms with Gasteiger partial charge in [0.1, 0.15) is 22.9 Å². The summed E-state index contributed by atoms with van der Waals surface area (Å²) in [5.74, 6) is -0.0758. The second-order valence-electron chi connectivity index (χ2n) is 4.33. The summed E-state index contributed by atoms with van der Waals surface area (Å²) in [5, 5.41) is 11.5. The van der Waals surface area contributed by atoms with Gasteiger partial charge in [0.25, 0.3) is 0 Å². The molecule has 2 rings (SSSR count). The highest BCUT2D eigenvalue weighted by molar-refractivity contribution is 5.90. The number of ether oxygens (including phenoxy) is 1. The third-order valence-electron chi connectivity index (χ3n) is 2.93. The summed E-state index contributed by atoms with van der Waals surface area (Å²) in [6, 6.07) is 7.55. The largest absolute Gasteiger partial charge is 0.465 e. The third kappa shape index (κ3) is 3.20. The molecule has 1 heterocycles. The number of methoxy groups -OCH3 is 1. The average Bonchev–Trinajstić information content (AvgIpc) is 2.86. The maximum absolute atomic E-state index is 13.7. The van der Waals surface area contributed by atoms with Crippen molar-refractivity contribution in [1.29, 1.82) is 5.26 Å². The summed E-state index contributed by atoms with van der Waals surface area (Å²) in [5.41, 5.74) is 0.845. The topological polar surface area (TPSA) is 75.3 Å². The number of benzene rings is 1. The molecule has 0 unspecified atom stereocenters. The SMILES string of the molecule is COC(=O)c1cc(CNc2ccc(C#N)cc2F)oc1C. The van der Waals surface area contributed by atoms with Gasteiger partial charge in [0, 0.05) is 0 Å². The molecule has 0 saturated carbocycles. The summed E-state index contributed by atoms with van der Waals surface area (Å²) < 4.78 is 23.7. The molecule has 0 radical (unpaired) electrons. The summed E-state index contributed by atoms with van der Waals surface area (Å²) in [6.07, 6.45) is 0. The van der Waals surface area contributed by atoms with Crippen LogP contribution in [-0.4, -0.2) is 13.1 Å². The predicted molar refractivity (Wildman–Crippen MR) is 73.2 cm³/mol. The van der Waals surface area contributed by atoms with Crippen LogP contribution in [0, 0.1) is 24.1 Å². The number of hydrogen-bond donors (Lipinski definition) is 1. The summed E-state index contributed by atoms with van der Waals surface area (Å²) >= 11 is 0. The molecule has 0 aliphatic carbocycles. The van der Waals surface area contributed by atoms with Gasteiger partial charge in [-0.3, -0.25) is 0 Å². The lowest BCUT2D eigenvalue weighted by Gasteiger charge is -2.05. The zero-order valence-corrected chi connectivity index (χ0v) is 11.6. The van der Waals surface area contributed by atoms with E-state index in [-0.39, 0.29) is 17.8 Å². The smallest absolute Gasteiger partial charge is 0.341 e. The zero-order valence-electron chi connectivity index (χ0n) is 11.6. The van der Waals surface area contributed by atoms with Crippen LogP contribution >= 0.6 is 0 Å². The van der Waals surface area contributed by atoms with Crippen LogP contribution in [0.25, 0.3) is 0 Å². The second kappa shape index (κ2) is 6.09. The molecule has 21 heavy (non-hydrogen) atoms. The number of nitrogens with one attached hydrogen (secondary N) is 1. The Balaban J connectivity index is 2.10. The van der Waals surface area contributed by atoms with Gasteiger partial charge < -0.3 is 14.5 Å². The van der Waals surface area contributed by atoms with E-state index in [9.17, 15) is 9.18 Å². The van der Waals surface area contributed by atoms with Crippen LogP contribution in [-0.2, 0) is 11.3 Å². The van der Waals surface area contributed by atoms with E-state index >= 15 is 0 Å². The Labute approximate surface area is 120 Å². The molecule has 1 aromatic carbocycles. The number of anilines is 1. The average molecular weight is 288 g/mol. The molecule has 0 saturated heterocycles. The number of nitriles is 1. The van der Waals surface area contributed by atoms with E-state index in [1.807, 2.05) is 6.07 Å². The van der Waals surface area contributed by atoms with Crippen LogP contribution in [0.5, 0.6) is 0 Å². The van der Waals surface area contributed by atoms with Gasteiger partial charge in [-0.1, -0.05) is 0 Å². The number of hydrogen-bond acceptors (Lipinski definition) is 5. The molecular formula is C15H13FN2O3. The van der Waals surface area contributed by atoms with Gasteiger partial charge in [0.15, 0.2) is 0 Å². The quantitative estimate of drug-likeness (QED) is 0.875. The maximum atomic E-state index is 13.7. The Morgan fingerprint density at radius 3 is 2.86 bits per heavy atom. The third-order valence-corrected chi connectivity index (χ3v) is 2.93. The van der Waals surface area contributed by atoms with E-state index in [1.54, 1.807) is 13.0 Å². The molecule has 0 fully saturated rings. The highest BCUT2D eigenvalue weighted by Gasteiger charge is 2.15. The highest BCUT2D eigenvalue weighted by atomic mass is 19.1. The summed E-state index contributed by atoms with van der Waals surface area (Å²) in [4.78, 5) is 11.5. The van der Waals surface area contributed by atoms with Crippen molar-refractivity contribution in [3.8, 4) is 6.07 Å². The van der Waals surface area contributed by atoms with Crippen molar-refractivity contribution < 1.29 is 18.3 Å². The lowest BCUT2D eigenvalue weighted by Crippen LogP contribution is -2.02. The first-order valence-corrected chi connectivity index (χ1v) is 6.16. The number of halogens is 1. The fourth-order valence-corrected chi connectivity index (χ4v) is 1.85. The van der Waals surface area contributed by atoms with Gasteiger partial charge in [-0.05, 0) is 31.2 Å². The molecule has 0 bridgehead atoms. The van der Waals surface area contributed by atoms with Crippen molar-refractivity contribution in [3.63, 3.8) is 0 Å². The van der Waals surface area contributed by atoms with Crippen molar-refractivity contribution >= 4 is 11.7 Å². The lowest BCUT2D eigenvalue weighted by molar-refractivity contribution is 0.0599. The number of rotatable bonds is 4. The monoisotopic (exact) mass is 288 g/mol. The van der Waals surface area contributed by atoms with Crippen LogP contribution in [0.15, 0.2) is 28.7 Å². The molecule has 1 aromatic heterocycles. The van der Waals surface area contributed by atoms with Crippen molar-refractivity contribution in [2.75, 3.05) is 12.4 Å². The van der Waals surface area contributed by atoms with Crippen LogP contribution in [0.2, 0.25) is 0 Å². The Hall–Kier alpha value is -2.81. The van der Waals surface area contributed by atoms with Gasteiger partial charge in [0.2, 0.25) is 0 Å². The first-order chi connectivity index (χ1) is 10.0. The lowest BCUT2D eigenvalue weighted by atomic mass is 10.2. The zero-order chi connectivity index (χ0) is 15.4. The van der Waals surface area contributed by atoms with Crippen LogP contribution in [0.1, 0.15) is 27.4 Å². The van der Waals surface area contributed by atoms with Crippen LogP contribution in [0.4, 0.5) is 10.1 Å². The molecule has 108 valence electrons. The molecule has 0 aliphatic rings. The van der Waals surface area contributed by atoms with E-state index in [2.05, 4.69) is 10.1 Å². The van der Waals surface area contributed by atoms with E-state index in [1.165, 1.54) is 19.2 Å². The van der Waals surface area contributed by atoms with Crippen LogP contribution < -0.4 is 5.32 Å². The molecule has 0 atom stereocenters. The highest BCUT2D eigenvalue weighted by Crippen LogP contribution is 2.19. The standard InChI is InChI=1S/C15H13FN2O3/c1-9-12(15(19)20-2)6-11(21-9)8-18-14-4-3-10(7-17)5-13(14)16/h3-6,18H,8H2,1-2H3. The van der Waals surface area contributed by atoms with Gasteiger partial charge in [-0.15, -0.1) is 0 Å². The first kappa shape index (κ1) is 14.6. The predicted octanol–water partition coefficient (Wildman–Crippen LogP) is 3.00. The van der Waals surface area contributed by atoms with E-state index in [4.69, 9.17) is 9.68 Å². The Morgan fingerprint density at radius 1 is 1.48 bits per heavy atom. The Bertz CT molecular complexity index is 716. The number of carbonyl (C=O) groups is 1. The maximum Gasteiger partial charge on any atom is 0.341 e. The number of nitrogens with zero attached hydrogens (tertiary/aromatic N) is 1. The first-order valence-electron chi connectivity index (χ1n) is 6.16. The summed E-state index contributed by atoms with van der Waals surface area (Å²) in [7, 11) is 1.29. The molecule has 0 spiro atoms. The number of carbonyl (C=O) groups excluding carboxylic acids is 1. The minimum absolute atomic E-state index is 0.209. The minimum Gasteiger partial charge on any atom is -0.465 e. The second-order valence-corrected chi connectivity index (χ2v) is 4.33. The Morgan fingerprint density at radius 2 is 2.24 bits per heavy atom. The van der Waals surface area contributed by atoms with E-state index in [0.717, 1.165) is 6.07 Å². The summed E-state index contributed by atoms with van der Waals surface area (Å²) in [6.45, 7) is 1.86. The van der Waals surface area contributed by atoms with Gasteiger partial charge >= 0.3 is 5.97 Å². The Kier molecular flexibility index (Phi) is 4.24. The molecule has 0 amide bonds. The van der Waals surface area contributed by atoms with Gasteiger partial charge in [-0.2, -0.15) is 5.26 Å². The van der Waals surface area contributed by atoms with Crippen molar-refractivity contribution in [1.82, 2.24) is 0 Å². The molecule has 1 N–H and O–H groups in total. The molecule has 2 aromatic rings. The molecule has 5 nitrogen and oxygen atoms in total. The molecule has 0 aliphatic heterocycles. The molecular weight excluding hydrogens is 275 g/mol. The van der Waals surface area contributed by atoms with Gasteiger partial charge in [-0.25, -0.2) is 9.18 Å². The fraction of sp³-hybridized carbons (Fsp3) is 0.200. The van der Waals surface area contributed by atoms with E-state index < -0.39 is 11.8 Å². The molecule has 6 heteroatoms. The number of esters is 1. The van der Waals surface area contributed by atoms with Crippen molar-refractivity contribution in [2.24, 2.45) is 0 Å². The van der Waals surface area contributed by atoms with Crippen molar-refractivity contribution in [2.45, 2.75) is 13.5 Å². The van der Waals surface area contributed by atoms with E-state index in [0.29, 0.717) is 17.1 Å². The number of furan rings is 1. The fourth-order valence-electron chi connectivity index (χ4n) is 1.85.